The first kappa shape index (κ1) is 18.5. The van der Waals surface area contributed by atoms with E-state index in [0.717, 1.165) is 12.8 Å². The van der Waals surface area contributed by atoms with Crippen LogP contribution in [-0.4, -0.2) is 54.4 Å². The minimum Gasteiger partial charge on any atom is -0.466 e. The summed E-state index contributed by atoms with van der Waals surface area (Å²) in [6.07, 6.45) is 2.92. The fourth-order valence-electron chi connectivity index (χ4n) is 0.966. The van der Waals surface area contributed by atoms with E-state index in [2.05, 4.69) is 0 Å². The molecule has 0 bridgehead atoms. The highest BCUT2D eigenvalue weighted by atomic mass is 32.2. The second kappa shape index (κ2) is 10.3. The van der Waals surface area contributed by atoms with Crippen LogP contribution in [0.1, 0.15) is 39.0 Å². The highest BCUT2D eigenvalue weighted by molar-refractivity contribution is 7.85. The van der Waals surface area contributed by atoms with Crippen molar-refractivity contribution >= 4 is 39.1 Å². The van der Waals surface area contributed by atoms with Gasteiger partial charge < -0.3 is 4.74 Å². The van der Waals surface area contributed by atoms with Crippen LogP contribution in [0.2, 0.25) is 0 Å². The summed E-state index contributed by atoms with van der Waals surface area (Å²) in [5.41, 5.74) is 0. The lowest BCUT2D eigenvalue weighted by Crippen LogP contribution is -2.08. The van der Waals surface area contributed by atoms with Crippen LogP contribution in [0.5, 0.6) is 0 Å². The molecule has 16 heavy (non-hydrogen) atoms. The van der Waals surface area contributed by atoms with Crippen LogP contribution < -0.4 is 0 Å². The molecule has 0 heterocycles. The van der Waals surface area contributed by atoms with Crippen molar-refractivity contribution in [3.63, 3.8) is 0 Å². The third-order valence-corrected chi connectivity index (χ3v) is 2.60. The lowest BCUT2D eigenvalue weighted by atomic mass is 10.2. The van der Waals surface area contributed by atoms with Crippen molar-refractivity contribution in [1.82, 2.24) is 0 Å². The van der Waals surface area contributed by atoms with Crippen molar-refractivity contribution in [3.8, 4) is 0 Å². The van der Waals surface area contributed by atoms with Gasteiger partial charge in [-0.3, -0.25) is 9.35 Å². The number of esters is 1. The zero-order valence-corrected chi connectivity index (χ0v) is 11.9. The quantitative estimate of drug-likeness (QED) is 0.306. The van der Waals surface area contributed by atoms with Gasteiger partial charge in [-0.2, -0.15) is 8.42 Å². The predicted molar refractivity (Wildman–Crippen MR) is 61.9 cm³/mol. The molecule has 0 spiro atoms. The Labute approximate surface area is 113 Å². The molecule has 7 heteroatoms. The van der Waals surface area contributed by atoms with Crippen LogP contribution in [0.15, 0.2) is 0 Å². The maximum atomic E-state index is 11.0. The van der Waals surface area contributed by atoms with Gasteiger partial charge in [0.2, 0.25) is 0 Å². The Kier molecular flexibility index (Phi) is 11.9. The van der Waals surface area contributed by atoms with E-state index in [0.29, 0.717) is 19.3 Å². The van der Waals surface area contributed by atoms with Gasteiger partial charge in [0, 0.05) is 29.5 Å². The summed E-state index contributed by atoms with van der Waals surface area (Å²) in [5.74, 6) is -0.525. The Hall–Kier alpha value is 0.146. The van der Waals surface area contributed by atoms with Crippen molar-refractivity contribution in [2.24, 2.45) is 0 Å². The molecule has 0 amide bonds. The Morgan fingerprint density at radius 3 is 2.38 bits per heavy atom. The fraction of sp³-hybridized carbons (Fsp3) is 0.889. The van der Waals surface area contributed by atoms with E-state index in [1.165, 1.54) is 0 Å². The van der Waals surface area contributed by atoms with Gasteiger partial charge in [0.1, 0.15) is 0 Å². The molecular weight excluding hydrogens is 244 g/mol. The lowest BCUT2D eigenvalue weighted by molar-refractivity contribution is -0.143. The third-order valence-electron chi connectivity index (χ3n) is 1.79. The van der Waals surface area contributed by atoms with Crippen LogP contribution in [0.25, 0.3) is 0 Å². The monoisotopic (exact) mass is 262 g/mol. The summed E-state index contributed by atoms with van der Waals surface area (Å²) in [5, 5.41) is 0. The van der Waals surface area contributed by atoms with E-state index >= 15 is 0 Å². The highest BCUT2D eigenvalue weighted by Crippen LogP contribution is 1.99. The molecule has 0 aliphatic heterocycles. The Bertz CT molecular complexity index is 276. The largest absolute Gasteiger partial charge is 0.466 e. The Balaban J connectivity index is 0. The van der Waals surface area contributed by atoms with E-state index in [4.69, 9.17) is 9.29 Å². The van der Waals surface area contributed by atoms with E-state index in [1.807, 2.05) is 6.92 Å². The molecule has 0 saturated carbocycles. The van der Waals surface area contributed by atoms with E-state index in [9.17, 15) is 13.2 Å². The van der Waals surface area contributed by atoms with E-state index in [1.54, 1.807) is 0 Å². The van der Waals surface area contributed by atoms with Gasteiger partial charge in [-0.15, -0.1) is 0 Å². The third kappa shape index (κ3) is 14.1. The van der Waals surface area contributed by atoms with Gasteiger partial charge in [0.05, 0.1) is 12.4 Å². The molecule has 0 unspecified atom stereocenters. The summed E-state index contributed by atoms with van der Waals surface area (Å²) >= 11 is 0. The Morgan fingerprint density at radius 2 is 1.88 bits per heavy atom. The van der Waals surface area contributed by atoms with Crippen LogP contribution in [0, 0.1) is 0 Å². The summed E-state index contributed by atoms with van der Waals surface area (Å²) < 4.78 is 33.9. The summed E-state index contributed by atoms with van der Waals surface area (Å²) in [6.45, 7) is 2.21. The Morgan fingerprint density at radius 1 is 1.25 bits per heavy atom. The molecule has 5 nitrogen and oxygen atoms in total. The average molecular weight is 263 g/mol. The van der Waals surface area contributed by atoms with Crippen molar-refractivity contribution in [3.05, 3.63) is 0 Å². The molecule has 0 rings (SSSR count). The summed E-state index contributed by atoms with van der Waals surface area (Å²) in [4.78, 5) is 11.0. The second-order valence-electron chi connectivity index (χ2n) is 3.32. The van der Waals surface area contributed by atoms with Crippen molar-refractivity contribution in [1.29, 1.82) is 0 Å². The average Bonchev–Trinajstić information content (AvgIpc) is 2.12. The number of unbranched alkanes of at least 4 members (excludes halogenated alkanes) is 2. The van der Waals surface area contributed by atoms with Gasteiger partial charge in [-0.25, -0.2) is 0 Å². The van der Waals surface area contributed by atoms with Gasteiger partial charge in [-0.05, 0) is 19.3 Å². The summed E-state index contributed by atoms with van der Waals surface area (Å²) in [7, 11) is -3.88. The number of hydrogen-bond acceptors (Lipinski definition) is 4. The van der Waals surface area contributed by atoms with Crippen molar-refractivity contribution < 1.29 is 22.5 Å². The first-order valence-corrected chi connectivity index (χ1v) is 6.67. The highest BCUT2D eigenvalue weighted by Gasteiger charge is 2.05. The van der Waals surface area contributed by atoms with Crippen LogP contribution in [0.3, 0.4) is 0 Å². The normalized spacial score (nSPS) is 10.6. The molecule has 0 aliphatic carbocycles. The first-order chi connectivity index (χ1) is 6.95. The van der Waals surface area contributed by atoms with Crippen LogP contribution in [0.4, 0.5) is 0 Å². The lowest BCUT2D eigenvalue weighted by Gasteiger charge is -2.03. The van der Waals surface area contributed by atoms with Gasteiger partial charge >= 0.3 is 5.97 Å². The molecule has 0 aromatic carbocycles. The number of ether oxygens (including phenoxy) is 1. The molecule has 0 atom stereocenters. The van der Waals surface area contributed by atoms with Gasteiger partial charge in [-0.1, -0.05) is 13.3 Å². The zero-order chi connectivity index (χ0) is 11.7. The topological polar surface area (TPSA) is 80.7 Å². The smallest absolute Gasteiger partial charge is 0.305 e. The zero-order valence-electron chi connectivity index (χ0n) is 9.65. The number of carbonyl (C=O) groups excluding carboxylic acids is 1. The predicted octanol–water partition coefficient (Wildman–Crippen LogP) is 1.01. The fourth-order valence-corrected chi connectivity index (χ4v) is 1.53. The van der Waals surface area contributed by atoms with Gasteiger partial charge in [0.15, 0.2) is 0 Å². The molecule has 92 valence electrons. The summed E-state index contributed by atoms with van der Waals surface area (Å²) in [6, 6.07) is 0. The van der Waals surface area contributed by atoms with Gasteiger partial charge in [0.25, 0.3) is 10.1 Å². The molecular formula is C9H18MgO5S. The molecule has 0 aromatic rings. The van der Waals surface area contributed by atoms with E-state index < -0.39 is 10.1 Å². The standard InChI is InChI=1S/C9H18O5S.Mg/c1-2-3-6-9(10)14-7-4-5-8-15(11,12)13;/h2-8H2,1H3,(H,11,12,13);. The minimum atomic E-state index is -3.88. The number of carbonyl (C=O) groups is 1. The molecule has 2 radical (unpaired) electrons. The molecule has 0 fully saturated rings. The molecule has 0 saturated heterocycles. The first-order valence-electron chi connectivity index (χ1n) is 5.06. The minimum absolute atomic E-state index is 0. The van der Waals surface area contributed by atoms with Crippen molar-refractivity contribution in [2.75, 3.05) is 12.4 Å². The van der Waals surface area contributed by atoms with Crippen LogP contribution >= 0.6 is 0 Å². The SMILES string of the molecule is CCCCC(=O)OCCCCS(=O)(=O)O.[Mg]. The second-order valence-corrected chi connectivity index (χ2v) is 4.89. The maximum absolute atomic E-state index is 11.0. The van der Waals surface area contributed by atoms with Crippen LogP contribution in [-0.2, 0) is 19.6 Å². The molecule has 1 N–H and O–H groups in total. The van der Waals surface area contributed by atoms with Crippen molar-refractivity contribution in [2.45, 2.75) is 39.0 Å². The maximum Gasteiger partial charge on any atom is 0.305 e. The van der Waals surface area contributed by atoms with E-state index in [-0.39, 0.29) is 41.4 Å². The number of rotatable bonds is 8. The molecule has 0 aromatic heterocycles. The molecule has 0 aliphatic rings. The number of hydrogen-bond donors (Lipinski definition) is 1.